The normalized spacial score (nSPS) is 15.1. The van der Waals surface area contributed by atoms with Gasteiger partial charge in [-0.2, -0.15) is 0 Å². The van der Waals surface area contributed by atoms with Gasteiger partial charge in [0, 0.05) is 34.1 Å². The highest BCUT2D eigenvalue weighted by Crippen LogP contribution is 2.47. The molecule has 0 radical (unpaired) electrons. The molecule has 0 aromatic heterocycles. The summed E-state index contributed by atoms with van der Waals surface area (Å²) >= 11 is 0. The van der Waals surface area contributed by atoms with E-state index in [0.717, 1.165) is 0 Å². The Bertz CT molecular complexity index is 2810. The molecule has 0 fully saturated rings. The molecule has 3 heterocycles. The summed E-state index contributed by atoms with van der Waals surface area (Å²) in [6.45, 7) is 28.3. The van der Waals surface area contributed by atoms with Crippen LogP contribution in [0.5, 0.6) is 0 Å². The first-order chi connectivity index (χ1) is 29.3. The van der Waals surface area contributed by atoms with Crippen LogP contribution < -0.4 is 46.9 Å². The first kappa shape index (κ1) is 40.5. The van der Waals surface area contributed by atoms with E-state index in [1.165, 1.54) is 93.5 Å². The van der Waals surface area contributed by atoms with Crippen LogP contribution in [0.4, 0.5) is 34.1 Å². The molecule has 0 saturated carbocycles. The van der Waals surface area contributed by atoms with E-state index in [4.69, 9.17) is 0 Å². The maximum absolute atomic E-state index is 3.00. The molecule has 0 atom stereocenters. The molecule has 3 aliphatic heterocycles. The van der Waals surface area contributed by atoms with Gasteiger partial charge in [0.2, 0.25) is 0 Å². The molecule has 310 valence electrons. The lowest BCUT2D eigenvalue weighted by molar-refractivity contribution is 0.569. The Labute approximate surface area is 372 Å². The fraction of sp³-hybridized carbons (Fsp3) is 0.276. The summed E-state index contributed by atoms with van der Waals surface area (Å²) < 4.78 is 0. The lowest BCUT2D eigenvalue weighted by atomic mass is 9.33. The summed E-state index contributed by atoms with van der Waals surface area (Å²) in [4.78, 5) is 5.28. The van der Waals surface area contributed by atoms with E-state index in [1.807, 2.05) is 0 Å². The van der Waals surface area contributed by atoms with Crippen molar-refractivity contribution >= 4 is 86.0 Å². The van der Waals surface area contributed by atoms with Gasteiger partial charge in [0.05, 0.1) is 0 Å². The highest BCUT2D eigenvalue weighted by atomic mass is 28.3. The van der Waals surface area contributed by atoms with Crippen molar-refractivity contribution in [2.45, 2.75) is 105 Å². The van der Waals surface area contributed by atoms with E-state index < -0.39 is 8.07 Å². The maximum atomic E-state index is 2.66. The fourth-order valence-corrected chi connectivity index (χ4v) is 16.1. The zero-order valence-electron chi connectivity index (χ0n) is 38.9. The van der Waals surface area contributed by atoms with Crippen LogP contribution in [0.3, 0.4) is 0 Å². The molecule has 4 heteroatoms. The summed E-state index contributed by atoms with van der Waals surface area (Å²) in [5.74, 6) is 0. The van der Waals surface area contributed by atoms with Crippen molar-refractivity contribution in [1.29, 1.82) is 0 Å². The Morgan fingerprint density at radius 2 is 0.774 bits per heavy atom. The van der Waals surface area contributed by atoms with Crippen molar-refractivity contribution in [3.63, 3.8) is 0 Å². The van der Waals surface area contributed by atoms with Gasteiger partial charge in [-0.15, -0.1) is 0 Å². The number of hydrogen-bond donors (Lipinski definition) is 0. The Hall–Kier alpha value is -5.58. The maximum Gasteiger partial charge on any atom is 0.251 e. The fourth-order valence-electron chi connectivity index (χ4n) is 10.8. The minimum absolute atomic E-state index is 0.0299. The molecule has 0 N–H and O–H groups in total. The van der Waals surface area contributed by atoms with E-state index >= 15 is 0 Å². The standard InChI is InChI=1S/C58H61BN2Si/c1-55(2,3)38-29-31-42(32-30-38)60-46-25-19-26-47-52(46)59-53-48(61(47)43-34-39(56(4,5)6)33-40(35-43)57(7,8)9)27-20-28-50(53)62(44-21-15-13-16-22-44,45-23-17-14-18-24-45)51-37-41(58(10,11)12)36-49(60)54(51)59/h13-37H,1-12H3. The van der Waals surface area contributed by atoms with E-state index in [-0.39, 0.29) is 28.4 Å². The zero-order valence-corrected chi connectivity index (χ0v) is 39.9. The second kappa shape index (κ2) is 13.7. The Balaban J connectivity index is 1.41. The van der Waals surface area contributed by atoms with Gasteiger partial charge in [0.1, 0.15) is 0 Å². The predicted octanol–water partition coefficient (Wildman–Crippen LogP) is 10.6. The van der Waals surface area contributed by atoms with Crippen molar-refractivity contribution in [1.82, 2.24) is 0 Å². The van der Waals surface area contributed by atoms with Crippen LogP contribution in [0, 0.1) is 0 Å². The largest absolute Gasteiger partial charge is 0.311 e. The Kier molecular flexibility index (Phi) is 8.95. The molecular weight excluding hydrogens is 764 g/mol. The van der Waals surface area contributed by atoms with Crippen molar-refractivity contribution in [3.8, 4) is 0 Å². The lowest BCUT2D eigenvalue weighted by Gasteiger charge is -2.52. The van der Waals surface area contributed by atoms with Gasteiger partial charge in [-0.25, -0.2) is 0 Å². The quantitative estimate of drug-likeness (QED) is 0.163. The van der Waals surface area contributed by atoms with Gasteiger partial charge in [0.25, 0.3) is 6.71 Å². The summed E-state index contributed by atoms with van der Waals surface area (Å²) in [6.07, 6.45) is 0. The lowest BCUT2D eigenvalue weighted by Crippen LogP contribution is -2.88. The summed E-state index contributed by atoms with van der Waals surface area (Å²) in [6, 6.07) is 59.7. The van der Waals surface area contributed by atoms with Crippen LogP contribution in [0.1, 0.15) is 105 Å². The van der Waals surface area contributed by atoms with Gasteiger partial charge < -0.3 is 9.80 Å². The second-order valence-corrected chi connectivity index (χ2v) is 26.0. The van der Waals surface area contributed by atoms with Crippen LogP contribution in [0.25, 0.3) is 0 Å². The monoisotopic (exact) mass is 824 g/mol. The third-order valence-electron chi connectivity index (χ3n) is 14.1. The predicted molar refractivity (Wildman–Crippen MR) is 272 cm³/mol. The molecule has 0 unspecified atom stereocenters. The highest BCUT2D eigenvalue weighted by Gasteiger charge is 2.56. The molecule has 7 aromatic rings. The van der Waals surface area contributed by atoms with Crippen molar-refractivity contribution in [2.75, 3.05) is 9.80 Å². The van der Waals surface area contributed by atoms with Crippen LogP contribution in [0.15, 0.2) is 152 Å². The molecular formula is C58H61BN2Si. The summed E-state index contributed by atoms with van der Waals surface area (Å²) in [5.41, 5.74) is 17.2. The molecule has 0 saturated heterocycles. The number of benzene rings is 7. The Morgan fingerprint density at radius 3 is 1.27 bits per heavy atom. The van der Waals surface area contributed by atoms with Gasteiger partial charge in [0.15, 0.2) is 8.07 Å². The first-order valence-corrected chi connectivity index (χ1v) is 24.7. The van der Waals surface area contributed by atoms with Gasteiger partial charge in [-0.1, -0.05) is 186 Å². The molecule has 3 aliphatic rings. The van der Waals surface area contributed by atoms with Crippen LogP contribution in [0.2, 0.25) is 0 Å². The Morgan fingerprint density at radius 1 is 0.339 bits per heavy atom. The van der Waals surface area contributed by atoms with Crippen molar-refractivity contribution in [2.24, 2.45) is 0 Å². The van der Waals surface area contributed by atoms with E-state index in [1.54, 1.807) is 0 Å². The molecule has 0 amide bonds. The molecule has 2 nitrogen and oxygen atoms in total. The summed E-state index contributed by atoms with van der Waals surface area (Å²) in [5, 5.41) is 5.86. The average molecular weight is 825 g/mol. The minimum atomic E-state index is -3.00. The molecule has 7 aromatic carbocycles. The van der Waals surface area contributed by atoms with E-state index in [0.29, 0.717) is 0 Å². The van der Waals surface area contributed by atoms with Crippen molar-refractivity contribution < 1.29 is 0 Å². The minimum Gasteiger partial charge on any atom is -0.311 e. The van der Waals surface area contributed by atoms with E-state index in [9.17, 15) is 0 Å². The van der Waals surface area contributed by atoms with Crippen molar-refractivity contribution in [3.05, 3.63) is 174 Å². The zero-order chi connectivity index (χ0) is 43.7. The summed E-state index contributed by atoms with van der Waals surface area (Å²) in [7, 11) is -3.00. The van der Waals surface area contributed by atoms with Crippen LogP contribution >= 0.6 is 0 Å². The van der Waals surface area contributed by atoms with Gasteiger partial charge in [-0.05, 0) is 130 Å². The highest BCUT2D eigenvalue weighted by molar-refractivity contribution is 7.27. The third-order valence-corrected chi connectivity index (χ3v) is 19.0. The number of nitrogens with zero attached hydrogens (tertiary/aromatic N) is 2. The average Bonchev–Trinajstić information content (AvgIpc) is 3.23. The SMILES string of the molecule is CC(C)(C)c1ccc(N2c3cccc4c3B3c5c(cccc5[Si](c5ccccc5)(c5ccccc5)c5cc(C(C)(C)C)cc2c53)N4c2cc(C(C)(C)C)cc(C(C)(C)C)c2)cc1. The number of anilines is 6. The number of rotatable bonds is 4. The molecule has 62 heavy (non-hydrogen) atoms. The third kappa shape index (κ3) is 6.04. The van der Waals surface area contributed by atoms with Crippen LogP contribution in [-0.4, -0.2) is 14.8 Å². The van der Waals surface area contributed by atoms with Crippen LogP contribution in [-0.2, 0) is 21.7 Å². The molecule has 0 spiro atoms. The molecule has 0 aliphatic carbocycles. The van der Waals surface area contributed by atoms with E-state index in [2.05, 4.69) is 245 Å². The molecule has 0 bridgehead atoms. The smallest absolute Gasteiger partial charge is 0.251 e. The van der Waals surface area contributed by atoms with Gasteiger partial charge in [-0.3, -0.25) is 0 Å². The van der Waals surface area contributed by atoms with Gasteiger partial charge >= 0.3 is 0 Å². The first-order valence-electron chi connectivity index (χ1n) is 22.7. The topological polar surface area (TPSA) is 6.48 Å². The number of hydrogen-bond acceptors (Lipinski definition) is 2. The molecule has 10 rings (SSSR count). The second-order valence-electron chi connectivity index (χ2n) is 22.3.